The molecule has 1 amide bonds. The summed E-state index contributed by atoms with van der Waals surface area (Å²) >= 11 is 0. The third-order valence-electron chi connectivity index (χ3n) is 4.14. The average Bonchev–Trinajstić information content (AvgIpc) is 3.21. The molecule has 0 spiro atoms. The van der Waals surface area contributed by atoms with Crippen molar-refractivity contribution in [2.24, 2.45) is 11.8 Å². The van der Waals surface area contributed by atoms with Gasteiger partial charge in [-0.25, -0.2) is 0 Å². The van der Waals surface area contributed by atoms with Crippen LogP contribution in [0, 0.1) is 11.8 Å². The van der Waals surface area contributed by atoms with E-state index in [1.54, 1.807) is 7.11 Å². The summed E-state index contributed by atoms with van der Waals surface area (Å²) in [5.41, 5.74) is 0. The summed E-state index contributed by atoms with van der Waals surface area (Å²) in [6, 6.07) is 0.532. The largest absolute Gasteiger partial charge is 0.384 e. The van der Waals surface area contributed by atoms with Crippen LogP contribution in [0.5, 0.6) is 0 Å². The molecule has 1 heterocycles. The van der Waals surface area contributed by atoms with Crippen molar-refractivity contribution in [3.63, 3.8) is 0 Å². The van der Waals surface area contributed by atoms with Gasteiger partial charge in [0.2, 0.25) is 5.91 Å². The lowest BCUT2D eigenvalue weighted by Crippen LogP contribution is -2.42. The topological polar surface area (TPSA) is 41.6 Å². The van der Waals surface area contributed by atoms with Crippen LogP contribution >= 0.6 is 0 Å². The average molecular weight is 268 g/mol. The van der Waals surface area contributed by atoms with Gasteiger partial charge in [0.25, 0.3) is 0 Å². The Kier molecular flexibility index (Phi) is 5.64. The highest BCUT2D eigenvalue weighted by Crippen LogP contribution is 2.29. The van der Waals surface area contributed by atoms with Gasteiger partial charge in [-0.3, -0.25) is 4.79 Å². The molecule has 4 heteroatoms. The van der Waals surface area contributed by atoms with Gasteiger partial charge in [-0.2, -0.15) is 0 Å². The van der Waals surface area contributed by atoms with E-state index in [1.807, 2.05) is 0 Å². The molecule has 4 nitrogen and oxygen atoms in total. The van der Waals surface area contributed by atoms with Gasteiger partial charge in [-0.05, 0) is 50.6 Å². The zero-order valence-electron chi connectivity index (χ0n) is 12.4. The molecule has 1 saturated carbocycles. The molecule has 0 aromatic rings. The molecule has 1 N–H and O–H groups in total. The van der Waals surface area contributed by atoms with E-state index in [9.17, 15) is 4.79 Å². The van der Waals surface area contributed by atoms with E-state index < -0.39 is 0 Å². The predicted molar refractivity (Wildman–Crippen MR) is 76.0 cm³/mol. The SMILES string of the molecule is COCC(C)CC(=O)N(CC1CCCNC1)C1CC1. The zero-order valence-corrected chi connectivity index (χ0v) is 12.4. The van der Waals surface area contributed by atoms with E-state index >= 15 is 0 Å². The van der Waals surface area contributed by atoms with Crippen LogP contribution < -0.4 is 5.32 Å². The second kappa shape index (κ2) is 7.25. The maximum absolute atomic E-state index is 12.4. The third-order valence-corrected chi connectivity index (χ3v) is 4.14. The van der Waals surface area contributed by atoms with Gasteiger partial charge in [0, 0.05) is 32.7 Å². The Labute approximate surface area is 116 Å². The molecule has 0 bridgehead atoms. The minimum absolute atomic E-state index is 0.322. The summed E-state index contributed by atoms with van der Waals surface area (Å²) in [5.74, 6) is 1.30. The van der Waals surface area contributed by atoms with Gasteiger partial charge in [0.1, 0.15) is 0 Å². The van der Waals surface area contributed by atoms with Gasteiger partial charge < -0.3 is 15.0 Å². The van der Waals surface area contributed by atoms with E-state index in [0.717, 1.165) is 19.6 Å². The van der Waals surface area contributed by atoms with Crippen LogP contribution in [0.15, 0.2) is 0 Å². The molecule has 0 aromatic heterocycles. The first-order valence-corrected chi connectivity index (χ1v) is 7.69. The van der Waals surface area contributed by atoms with E-state index in [-0.39, 0.29) is 0 Å². The van der Waals surface area contributed by atoms with Crippen molar-refractivity contribution in [1.82, 2.24) is 10.2 Å². The maximum atomic E-state index is 12.4. The number of ether oxygens (including phenoxy) is 1. The lowest BCUT2D eigenvalue weighted by atomic mass is 9.98. The molecule has 2 unspecified atom stereocenters. The van der Waals surface area contributed by atoms with Crippen LogP contribution in [-0.2, 0) is 9.53 Å². The van der Waals surface area contributed by atoms with Crippen LogP contribution in [0.1, 0.15) is 39.0 Å². The standard InChI is InChI=1S/C15H28N2O2/c1-12(11-19-2)8-15(18)17(14-5-6-14)10-13-4-3-7-16-9-13/h12-14,16H,3-11H2,1-2H3. The quantitative estimate of drug-likeness (QED) is 0.763. The lowest BCUT2D eigenvalue weighted by Gasteiger charge is -2.31. The number of piperidine rings is 1. The Balaban J connectivity index is 1.82. The summed E-state index contributed by atoms with van der Waals surface area (Å²) < 4.78 is 5.13. The molecule has 1 aliphatic heterocycles. The first kappa shape index (κ1) is 14.8. The molecule has 2 aliphatic rings. The fourth-order valence-corrected chi connectivity index (χ4v) is 2.96. The highest BCUT2D eigenvalue weighted by molar-refractivity contribution is 5.77. The second-order valence-corrected chi connectivity index (χ2v) is 6.25. The number of carbonyl (C=O) groups excluding carboxylic acids is 1. The van der Waals surface area contributed by atoms with Crippen molar-refractivity contribution in [2.45, 2.75) is 45.1 Å². The summed E-state index contributed by atoms with van der Waals surface area (Å²) in [4.78, 5) is 14.6. The van der Waals surface area contributed by atoms with Crippen molar-refractivity contribution in [3.05, 3.63) is 0 Å². The maximum Gasteiger partial charge on any atom is 0.223 e. The van der Waals surface area contributed by atoms with Crippen LogP contribution in [-0.4, -0.2) is 50.2 Å². The number of hydrogen-bond donors (Lipinski definition) is 1. The molecule has 19 heavy (non-hydrogen) atoms. The van der Waals surface area contributed by atoms with Gasteiger partial charge in [-0.1, -0.05) is 6.92 Å². The van der Waals surface area contributed by atoms with Crippen LogP contribution in [0.2, 0.25) is 0 Å². The summed E-state index contributed by atoms with van der Waals surface area (Å²) in [6.07, 6.45) is 5.54. The molecule has 0 radical (unpaired) electrons. The number of amides is 1. The zero-order chi connectivity index (χ0) is 13.7. The lowest BCUT2D eigenvalue weighted by molar-refractivity contribution is -0.133. The Hall–Kier alpha value is -0.610. The van der Waals surface area contributed by atoms with Gasteiger partial charge >= 0.3 is 0 Å². The molecular formula is C15H28N2O2. The summed E-state index contributed by atoms with van der Waals surface area (Å²) in [6.45, 7) is 5.93. The monoisotopic (exact) mass is 268 g/mol. The van der Waals surface area contributed by atoms with E-state index in [0.29, 0.717) is 36.8 Å². The Morgan fingerprint density at radius 3 is 2.79 bits per heavy atom. The highest BCUT2D eigenvalue weighted by Gasteiger charge is 2.34. The van der Waals surface area contributed by atoms with Crippen LogP contribution in [0.3, 0.4) is 0 Å². The van der Waals surface area contributed by atoms with Crippen LogP contribution in [0.25, 0.3) is 0 Å². The van der Waals surface area contributed by atoms with Crippen molar-refractivity contribution < 1.29 is 9.53 Å². The number of methoxy groups -OCH3 is 1. The number of hydrogen-bond acceptors (Lipinski definition) is 3. The molecule has 1 saturated heterocycles. The van der Waals surface area contributed by atoms with Crippen molar-refractivity contribution in [3.8, 4) is 0 Å². The van der Waals surface area contributed by atoms with Crippen LogP contribution in [0.4, 0.5) is 0 Å². The number of rotatable bonds is 7. The molecular weight excluding hydrogens is 240 g/mol. The Morgan fingerprint density at radius 1 is 1.42 bits per heavy atom. The Bertz CT molecular complexity index is 286. The van der Waals surface area contributed by atoms with Gasteiger partial charge in [0.15, 0.2) is 0 Å². The molecule has 2 atom stereocenters. The van der Waals surface area contributed by atoms with Gasteiger partial charge in [0.05, 0.1) is 0 Å². The van der Waals surface area contributed by atoms with Crippen molar-refractivity contribution in [1.29, 1.82) is 0 Å². The van der Waals surface area contributed by atoms with E-state index in [2.05, 4.69) is 17.1 Å². The number of nitrogens with zero attached hydrogens (tertiary/aromatic N) is 1. The minimum Gasteiger partial charge on any atom is -0.384 e. The van der Waals surface area contributed by atoms with Gasteiger partial charge in [-0.15, -0.1) is 0 Å². The number of carbonyl (C=O) groups is 1. The molecule has 2 rings (SSSR count). The molecule has 2 fully saturated rings. The highest BCUT2D eigenvalue weighted by atomic mass is 16.5. The minimum atomic E-state index is 0.322. The molecule has 1 aliphatic carbocycles. The normalized spacial score (nSPS) is 25.1. The second-order valence-electron chi connectivity index (χ2n) is 6.25. The molecule has 0 aromatic carbocycles. The van der Waals surface area contributed by atoms with E-state index in [4.69, 9.17) is 4.74 Å². The summed E-state index contributed by atoms with van der Waals surface area (Å²) in [7, 11) is 1.70. The van der Waals surface area contributed by atoms with E-state index in [1.165, 1.54) is 25.7 Å². The Morgan fingerprint density at radius 2 is 2.21 bits per heavy atom. The number of nitrogens with one attached hydrogen (secondary N) is 1. The van der Waals surface area contributed by atoms with Crippen molar-refractivity contribution in [2.75, 3.05) is 33.4 Å². The first-order valence-electron chi connectivity index (χ1n) is 7.69. The smallest absolute Gasteiger partial charge is 0.223 e. The fraction of sp³-hybridized carbons (Fsp3) is 0.933. The fourth-order valence-electron chi connectivity index (χ4n) is 2.96. The van der Waals surface area contributed by atoms with Crippen molar-refractivity contribution >= 4 is 5.91 Å². The third kappa shape index (κ3) is 4.77. The predicted octanol–water partition coefficient (Wildman–Crippen LogP) is 1.65. The first-order chi connectivity index (χ1) is 9.20. The molecule has 110 valence electrons. The summed E-state index contributed by atoms with van der Waals surface area (Å²) in [5, 5.41) is 3.44.